The zero-order valence-electron chi connectivity index (χ0n) is 10.7. The first-order valence-electron chi connectivity index (χ1n) is 6.13. The number of rotatable bonds is 4. The zero-order chi connectivity index (χ0) is 14.7. The Morgan fingerprint density at radius 2 is 2.15 bits per heavy atom. The van der Waals surface area contributed by atoms with Crippen molar-refractivity contribution >= 4 is 35.5 Å². The van der Waals surface area contributed by atoms with Crippen LogP contribution in [0, 0.1) is 0 Å². The molecule has 0 aromatic carbocycles. The largest absolute Gasteiger partial charge is 0.481 e. The molecule has 0 aromatic rings. The van der Waals surface area contributed by atoms with Gasteiger partial charge in [0, 0.05) is 13.1 Å². The molecule has 1 atom stereocenters. The highest BCUT2D eigenvalue weighted by Crippen LogP contribution is 2.16. The monoisotopic (exact) mass is 301 g/mol. The maximum atomic E-state index is 12.2. The van der Waals surface area contributed by atoms with E-state index in [9.17, 15) is 19.2 Å². The smallest absolute Gasteiger partial charge is 0.305 e. The first kappa shape index (κ1) is 14.6. The molecule has 2 aliphatic rings. The van der Waals surface area contributed by atoms with Crippen molar-refractivity contribution in [1.29, 1.82) is 0 Å². The third kappa shape index (κ3) is 3.21. The van der Waals surface area contributed by atoms with Crippen molar-refractivity contribution in [2.75, 3.05) is 31.3 Å². The third-order valence-corrected chi connectivity index (χ3v) is 4.12. The van der Waals surface area contributed by atoms with Crippen molar-refractivity contribution in [2.45, 2.75) is 12.5 Å². The number of carboxylic acid groups (broad SMARTS) is 1. The molecule has 0 radical (unpaired) electrons. The summed E-state index contributed by atoms with van der Waals surface area (Å²) in [6, 6.07) is -1.00. The summed E-state index contributed by atoms with van der Waals surface area (Å²) in [6.45, 7) is 0.455. The molecule has 2 N–H and O–H groups in total. The number of hydrogen-bond donors (Lipinski definition) is 2. The van der Waals surface area contributed by atoms with Gasteiger partial charge in [-0.15, -0.1) is 11.8 Å². The molecule has 2 fully saturated rings. The first-order chi connectivity index (χ1) is 9.49. The Kier molecular flexibility index (Phi) is 4.48. The molecule has 0 aliphatic carbocycles. The summed E-state index contributed by atoms with van der Waals surface area (Å²) in [4.78, 5) is 48.8. The van der Waals surface area contributed by atoms with Gasteiger partial charge in [-0.2, -0.15) is 0 Å². The average molecular weight is 301 g/mol. The van der Waals surface area contributed by atoms with Crippen LogP contribution in [0.3, 0.4) is 0 Å². The molecule has 0 bridgehead atoms. The van der Waals surface area contributed by atoms with Crippen LogP contribution in [-0.4, -0.2) is 75.9 Å². The Bertz CT molecular complexity index is 455. The van der Waals surface area contributed by atoms with Crippen molar-refractivity contribution in [2.24, 2.45) is 0 Å². The van der Waals surface area contributed by atoms with E-state index in [-0.39, 0.29) is 24.9 Å². The van der Waals surface area contributed by atoms with Crippen LogP contribution in [-0.2, 0) is 19.2 Å². The van der Waals surface area contributed by atoms with Gasteiger partial charge in [0.15, 0.2) is 0 Å². The van der Waals surface area contributed by atoms with Crippen LogP contribution in [0.2, 0.25) is 0 Å². The minimum Gasteiger partial charge on any atom is -0.481 e. The van der Waals surface area contributed by atoms with Crippen molar-refractivity contribution in [3.05, 3.63) is 0 Å². The highest BCUT2D eigenvalue weighted by molar-refractivity contribution is 8.00. The fraction of sp³-hybridized carbons (Fsp3) is 0.636. The molecule has 0 aromatic heterocycles. The lowest BCUT2D eigenvalue weighted by molar-refractivity contribution is -0.150. The number of hydrogen-bond acceptors (Lipinski definition) is 5. The molecule has 2 heterocycles. The molecule has 0 spiro atoms. The van der Waals surface area contributed by atoms with Gasteiger partial charge in [0.25, 0.3) is 0 Å². The molecule has 20 heavy (non-hydrogen) atoms. The Morgan fingerprint density at radius 3 is 2.75 bits per heavy atom. The van der Waals surface area contributed by atoms with Gasteiger partial charge >= 0.3 is 5.97 Å². The second-order valence-electron chi connectivity index (χ2n) is 4.56. The van der Waals surface area contributed by atoms with Gasteiger partial charge in [-0.3, -0.25) is 19.2 Å². The van der Waals surface area contributed by atoms with Crippen LogP contribution in [0.1, 0.15) is 6.42 Å². The Balaban J connectivity index is 2.03. The highest BCUT2D eigenvalue weighted by Gasteiger charge is 2.36. The molecule has 110 valence electrons. The molecular weight excluding hydrogens is 286 g/mol. The normalized spacial score (nSPS) is 22.9. The third-order valence-electron chi connectivity index (χ3n) is 3.17. The lowest BCUT2D eigenvalue weighted by Gasteiger charge is -2.35. The first-order valence-corrected chi connectivity index (χ1v) is 7.29. The van der Waals surface area contributed by atoms with E-state index in [0.29, 0.717) is 18.2 Å². The summed E-state index contributed by atoms with van der Waals surface area (Å²) in [6.07, 6.45) is -0.430. The summed E-state index contributed by atoms with van der Waals surface area (Å²) in [5.74, 6) is -1.30. The maximum absolute atomic E-state index is 12.2. The quantitative estimate of drug-likeness (QED) is 0.642. The van der Waals surface area contributed by atoms with Crippen LogP contribution >= 0.6 is 11.8 Å². The summed E-state index contributed by atoms with van der Waals surface area (Å²) in [5, 5.41) is 11.4. The summed E-state index contributed by atoms with van der Waals surface area (Å²) >= 11 is 1.42. The number of nitrogens with one attached hydrogen (secondary N) is 1. The fourth-order valence-corrected chi connectivity index (χ4v) is 3.08. The van der Waals surface area contributed by atoms with E-state index >= 15 is 0 Å². The van der Waals surface area contributed by atoms with Gasteiger partial charge in [0.05, 0.1) is 18.1 Å². The Labute approximate surface area is 119 Å². The van der Waals surface area contributed by atoms with Gasteiger partial charge in [0.1, 0.15) is 12.6 Å². The molecule has 8 nitrogen and oxygen atoms in total. The predicted octanol–water partition coefficient (Wildman–Crippen LogP) is -1.68. The molecular formula is C11H15N3O5S. The minimum atomic E-state index is -1.14. The van der Waals surface area contributed by atoms with Crippen LogP contribution in [0.5, 0.6) is 0 Å². The van der Waals surface area contributed by atoms with Crippen molar-refractivity contribution in [1.82, 2.24) is 15.1 Å². The number of nitrogens with zero attached hydrogens (tertiary/aromatic N) is 2. The zero-order valence-corrected chi connectivity index (χ0v) is 11.5. The fourth-order valence-electron chi connectivity index (χ4n) is 2.18. The predicted molar refractivity (Wildman–Crippen MR) is 69.8 cm³/mol. The average Bonchev–Trinajstić information content (AvgIpc) is 2.77. The van der Waals surface area contributed by atoms with Crippen molar-refractivity contribution < 1.29 is 24.3 Å². The summed E-state index contributed by atoms with van der Waals surface area (Å²) in [5.41, 5.74) is 0. The van der Waals surface area contributed by atoms with Crippen LogP contribution in [0.4, 0.5) is 0 Å². The van der Waals surface area contributed by atoms with E-state index in [4.69, 9.17) is 5.11 Å². The van der Waals surface area contributed by atoms with Gasteiger partial charge < -0.3 is 20.2 Å². The van der Waals surface area contributed by atoms with E-state index in [1.807, 2.05) is 0 Å². The number of amides is 3. The van der Waals surface area contributed by atoms with E-state index in [2.05, 4.69) is 5.32 Å². The van der Waals surface area contributed by atoms with Crippen LogP contribution < -0.4 is 5.32 Å². The molecule has 1 unspecified atom stereocenters. The molecule has 0 saturated carbocycles. The molecule has 2 rings (SSSR count). The van der Waals surface area contributed by atoms with Gasteiger partial charge in [-0.25, -0.2) is 0 Å². The molecule has 9 heteroatoms. The minimum absolute atomic E-state index is 0.102. The van der Waals surface area contributed by atoms with Crippen LogP contribution in [0.15, 0.2) is 0 Å². The van der Waals surface area contributed by atoms with Crippen molar-refractivity contribution in [3.63, 3.8) is 0 Å². The SMILES string of the molecule is O=C(O)CC1C(=O)NCCN1C(=O)CN1CSCC1=O. The van der Waals surface area contributed by atoms with E-state index < -0.39 is 24.3 Å². The second-order valence-corrected chi connectivity index (χ2v) is 5.52. The number of thioether (sulfide) groups is 1. The van der Waals surface area contributed by atoms with E-state index in [1.165, 1.54) is 21.6 Å². The number of carbonyl (C=O) groups is 4. The van der Waals surface area contributed by atoms with E-state index in [0.717, 1.165) is 0 Å². The van der Waals surface area contributed by atoms with Gasteiger partial charge in [-0.05, 0) is 0 Å². The number of carbonyl (C=O) groups excluding carboxylic acids is 3. The highest BCUT2D eigenvalue weighted by atomic mass is 32.2. The molecule has 2 saturated heterocycles. The number of aliphatic carboxylic acids is 1. The lowest BCUT2D eigenvalue weighted by Crippen LogP contribution is -2.59. The van der Waals surface area contributed by atoms with Gasteiger partial charge in [0.2, 0.25) is 17.7 Å². The number of carboxylic acids is 1. The molecule has 2 aliphatic heterocycles. The maximum Gasteiger partial charge on any atom is 0.305 e. The summed E-state index contributed by atoms with van der Waals surface area (Å²) in [7, 11) is 0. The van der Waals surface area contributed by atoms with Crippen molar-refractivity contribution in [3.8, 4) is 0 Å². The van der Waals surface area contributed by atoms with Crippen LogP contribution in [0.25, 0.3) is 0 Å². The van der Waals surface area contributed by atoms with E-state index in [1.54, 1.807) is 0 Å². The Morgan fingerprint density at radius 1 is 1.40 bits per heavy atom. The summed E-state index contributed by atoms with van der Waals surface area (Å²) < 4.78 is 0. The second kappa shape index (κ2) is 6.12. The Hall–Kier alpha value is -1.77. The number of piperazine rings is 1. The van der Waals surface area contributed by atoms with Gasteiger partial charge in [-0.1, -0.05) is 0 Å². The lowest BCUT2D eigenvalue weighted by atomic mass is 10.1. The molecule has 3 amide bonds. The standard InChI is InChI=1S/C11H15N3O5S/c15-8(4-13-6-20-5-9(13)16)14-2-1-12-11(19)7(14)3-10(17)18/h7H,1-6H2,(H,12,19)(H,17,18). The topological polar surface area (TPSA) is 107 Å².